The normalized spacial score (nSPS) is 11.3. The predicted molar refractivity (Wildman–Crippen MR) is 91.1 cm³/mol. The van der Waals surface area contributed by atoms with Crippen molar-refractivity contribution < 1.29 is 27.4 Å². The second kappa shape index (κ2) is 8.57. The van der Waals surface area contributed by atoms with Gasteiger partial charge in [-0.15, -0.1) is 13.2 Å². The first kappa shape index (κ1) is 19.6. The first-order valence-corrected chi connectivity index (χ1v) is 7.72. The summed E-state index contributed by atoms with van der Waals surface area (Å²) in [5, 5.41) is 2.63. The average molecular weight is 368 g/mol. The van der Waals surface area contributed by atoms with Crippen molar-refractivity contribution in [1.29, 1.82) is 0 Å². The van der Waals surface area contributed by atoms with E-state index in [-0.39, 0.29) is 18.2 Å². The zero-order valence-electron chi connectivity index (χ0n) is 14.3. The summed E-state index contributed by atoms with van der Waals surface area (Å²) in [5.74, 6) is 0.118. The first-order valence-electron chi connectivity index (χ1n) is 7.72. The van der Waals surface area contributed by atoms with Crippen LogP contribution in [-0.4, -0.2) is 37.9 Å². The maximum atomic E-state index is 12.1. The number of carbonyl (C=O) groups is 1. The largest absolute Gasteiger partial charge is 0.573 e. The number of nitrogens with one attached hydrogen (secondary N) is 1. The van der Waals surface area contributed by atoms with Gasteiger partial charge in [-0.05, 0) is 49.0 Å². The summed E-state index contributed by atoms with van der Waals surface area (Å²) in [4.78, 5) is 13.9. The zero-order valence-corrected chi connectivity index (χ0v) is 14.3. The molecule has 0 saturated heterocycles. The highest BCUT2D eigenvalue weighted by molar-refractivity contribution is 5.92. The summed E-state index contributed by atoms with van der Waals surface area (Å²) in [6.07, 6.45) is -4.74. The van der Waals surface area contributed by atoms with Crippen LogP contribution in [0.15, 0.2) is 48.5 Å². The molecule has 0 fully saturated rings. The molecular formula is C18H19F3N2O3. The molecule has 0 heterocycles. The molecule has 1 N–H and O–H groups in total. The summed E-state index contributed by atoms with van der Waals surface area (Å²) in [7, 11) is 3.38. The van der Waals surface area contributed by atoms with Gasteiger partial charge >= 0.3 is 6.36 Å². The smallest absolute Gasteiger partial charge is 0.497 e. The van der Waals surface area contributed by atoms with Gasteiger partial charge in [0.25, 0.3) is 0 Å². The second-order valence-electron chi connectivity index (χ2n) is 5.64. The van der Waals surface area contributed by atoms with Crippen LogP contribution in [0.1, 0.15) is 5.56 Å². The number of rotatable bonds is 7. The van der Waals surface area contributed by atoms with E-state index < -0.39 is 6.36 Å². The Morgan fingerprint density at radius 3 is 2.42 bits per heavy atom. The molecule has 0 aliphatic carbocycles. The van der Waals surface area contributed by atoms with Crippen molar-refractivity contribution in [3.8, 4) is 11.5 Å². The lowest BCUT2D eigenvalue weighted by molar-refractivity contribution is -0.274. The van der Waals surface area contributed by atoms with Gasteiger partial charge in [0.15, 0.2) is 0 Å². The number of hydrogen-bond acceptors (Lipinski definition) is 4. The van der Waals surface area contributed by atoms with Crippen molar-refractivity contribution >= 4 is 11.6 Å². The fourth-order valence-corrected chi connectivity index (χ4v) is 2.32. The number of anilines is 1. The SMILES string of the molecule is COc1cccc(CN(C)CC(=O)Nc2ccc(OC(F)(F)F)cc2)c1. The van der Waals surface area contributed by atoms with Gasteiger partial charge in [-0.2, -0.15) is 0 Å². The highest BCUT2D eigenvalue weighted by Gasteiger charge is 2.30. The number of hydrogen-bond donors (Lipinski definition) is 1. The highest BCUT2D eigenvalue weighted by atomic mass is 19.4. The molecule has 5 nitrogen and oxygen atoms in total. The average Bonchev–Trinajstić information content (AvgIpc) is 2.55. The van der Waals surface area contributed by atoms with Gasteiger partial charge in [0.2, 0.25) is 5.91 Å². The Labute approximate surface area is 149 Å². The molecule has 140 valence electrons. The summed E-state index contributed by atoms with van der Waals surface area (Å²) in [6.45, 7) is 0.668. The fraction of sp³-hybridized carbons (Fsp3) is 0.278. The van der Waals surface area contributed by atoms with Crippen molar-refractivity contribution in [3.63, 3.8) is 0 Å². The Hall–Kier alpha value is -2.74. The van der Waals surface area contributed by atoms with Gasteiger partial charge in [0, 0.05) is 12.2 Å². The standard InChI is InChI=1S/C18H19F3N2O3/c1-23(11-13-4-3-5-16(10-13)25-2)12-17(24)22-14-6-8-15(9-7-14)26-18(19,20)21/h3-10H,11-12H2,1-2H3,(H,22,24). The lowest BCUT2D eigenvalue weighted by atomic mass is 10.2. The Bertz CT molecular complexity index is 733. The van der Waals surface area contributed by atoms with Gasteiger partial charge in [-0.3, -0.25) is 9.69 Å². The minimum atomic E-state index is -4.74. The van der Waals surface area contributed by atoms with E-state index in [2.05, 4.69) is 10.1 Å². The number of nitrogens with zero attached hydrogens (tertiary/aromatic N) is 1. The van der Waals surface area contributed by atoms with E-state index >= 15 is 0 Å². The molecule has 0 aliphatic heterocycles. The number of halogens is 3. The number of ether oxygens (including phenoxy) is 2. The molecule has 1 amide bonds. The fourth-order valence-electron chi connectivity index (χ4n) is 2.32. The van der Waals surface area contributed by atoms with Gasteiger partial charge in [0.05, 0.1) is 13.7 Å². The third kappa shape index (κ3) is 6.64. The van der Waals surface area contributed by atoms with Crippen molar-refractivity contribution in [2.75, 3.05) is 26.0 Å². The number of amides is 1. The van der Waals surface area contributed by atoms with E-state index in [0.717, 1.165) is 23.4 Å². The number of likely N-dealkylation sites (N-methyl/N-ethyl adjacent to an activating group) is 1. The molecule has 0 atom stereocenters. The molecule has 26 heavy (non-hydrogen) atoms. The van der Waals surface area contributed by atoms with Gasteiger partial charge in [-0.25, -0.2) is 0 Å². The molecule has 0 spiro atoms. The van der Waals surface area contributed by atoms with Gasteiger partial charge < -0.3 is 14.8 Å². The number of methoxy groups -OCH3 is 1. The molecule has 0 saturated carbocycles. The van der Waals surface area contributed by atoms with Gasteiger partial charge in [0.1, 0.15) is 11.5 Å². The van der Waals surface area contributed by atoms with Gasteiger partial charge in [-0.1, -0.05) is 12.1 Å². The van der Waals surface area contributed by atoms with E-state index in [9.17, 15) is 18.0 Å². The molecule has 2 rings (SSSR count). The maximum Gasteiger partial charge on any atom is 0.573 e. The molecule has 0 unspecified atom stereocenters. The first-order chi connectivity index (χ1) is 12.2. The Balaban J connectivity index is 1.85. The second-order valence-corrected chi connectivity index (χ2v) is 5.64. The molecule has 0 aromatic heterocycles. The lowest BCUT2D eigenvalue weighted by Crippen LogP contribution is -2.29. The molecule has 0 radical (unpaired) electrons. The quantitative estimate of drug-likeness (QED) is 0.810. The highest BCUT2D eigenvalue weighted by Crippen LogP contribution is 2.24. The number of alkyl halides is 3. The maximum absolute atomic E-state index is 12.1. The van der Waals surface area contributed by atoms with Crippen LogP contribution in [0.3, 0.4) is 0 Å². The Morgan fingerprint density at radius 1 is 1.12 bits per heavy atom. The topological polar surface area (TPSA) is 50.8 Å². The van der Waals surface area contributed by atoms with E-state index in [1.807, 2.05) is 29.2 Å². The monoisotopic (exact) mass is 368 g/mol. The van der Waals surface area contributed by atoms with E-state index in [1.165, 1.54) is 12.1 Å². The molecule has 8 heteroatoms. The molecule has 2 aromatic rings. The number of benzene rings is 2. The molecular weight excluding hydrogens is 349 g/mol. The van der Waals surface area contributed by atoms with Crippen molar-refractivity contribution in [1.82, 2.24) is 4.90 Å². The predicted octanol–water partition coefficient (Wildman–Crippen LogP) is 3.66. The molecule has 0 bridgehead atoms. The number of carbonyl (C=O) groups excluding carboxylic acids is 1. The van der Waals surface area contributed by atoms with Crippen molar-refractivity contribution in [2.45, 2.75) is 12.9 Å². The summed E-state index contributed by atoms with van der Waals surface area (Å²) < 4.78 is 45.3. The lowest BCUT2D eigenvalue weighted by Gasteiger charge is -2.17. The van der Waals surface area contributed by atoms with Crippen LogP contribution in [0.25, 0.3) is 0 Å². The van der Waals surface area contributed by atoms with Crippen molar-refractivity contribution in [3.05, 3.63) is 54.1 Å². The van der Waals surface area contributed by atoms with Crippen LogP contribution in [0.4, 0.5) is 18.9 Å². The molecule has 2 aromatic carbocycles. The summed E-state index contributed by atoms with van der Waals surface area (Å²) >= 11 is 0. The minimum Gasteiger partial charge on any atom is -0.497 e. The van der Waals surface area contributed by atoms with Crippen molar-refractivity contribution in [2.24, 2.45) is 0 Å². The third-order valence-electron chi connectivity index (χ3n) is 3.37. The van der Waals surface area contributed by atoms with Crippen LogP contribution in [-0.2, 0) is 11.3 Å². The summed E-state index contributed by atoms with van der Waals surface area (Å²) in [5.41, 5.74) is 1.38. The molecule has 0 aliphatic rings. The Kier molecular flexibility index (Phi) is 6.46. The van der Waals surface area contributed by atoms with E-state index in [1.54, 1.807) is 14.2 Å². The van der Waals surface area contributed by atoms with E-state index in [0.29, 0.717) is 12.2 Å². The van der Waals surface area contributed by atoms with Crippen LogP contribution in [0.5, 0.6) is 11.5 Å². The van der Waals surface area contributed by atoms with Crippen LogP contribution >= 0.6 is 0 Å². The van der Waals surface area contributed by atoms with Crippen LogP contribution < -0.4 is 14.8 Å². The minimum absolute atomic E-state index is 0.123. The van der Waals surface area contributed by atoms with Crippen LogP contribution in [0.2, 0.25) is 0 Å². The third-order valence-corrected chi connectivity index (χ3v) is 3.37. The zero-order chi connectivity index (χ0) is 19.2. The van der Waals surface area contributed by atoms with Crippen LogP contribution in [0, 0.1) is 0 Å². The Morgan fingerprint density at radius 2 is 1.81 bits per heavy atom. The van der Waals surface area contributed by atoms with E-state index in [4.69, 9.17) is 4.74 Å². The summed E-state index contributed by atoms with van der Waals surface area (Å²) in [6, 6.07) is 12.5.